The molecule has 38 heavy (non-hydrogen) atoms. The first kappa shape index (κ1) is 29.7. The first-order valence-corrected chi connectivity index (χ1v) is 11.5. The number of carboxylic acid groups (broad SMARTS) is 1. The van der Waals surface area contributed by atoms with Gasteiger partial charge in [-0.1, -0.05) is 18.2 Å². The van der Waals surface area contributed by atoms with E-state index in [-0.39, 0.29) is 19.3 Å². The second-order valence-electron chi connectivity index (χ2n) is 8.55. The normalized spacial score (nSPS) is 14.1. The molecule has 4 unspecified atom stereocenters. The molecular formula is C23H31N7O8. The molecule has 4 atom stereocenters. The highest BCUT2D eigenvalue weighted by Gasteiger charge is 2.31. The van der Waals surface area contributed by atoms with E-state index in [1.54, 1.807) is 6.20 Å². The average Bonchev–Trinajstić information content (AvgIpc) is 3.26. The second-order valence-corrected chi connectivity index (χ2v) is 8.55. The SMILES string of the molecule is NC(=O)CCC(NC(=O)C(CC(N)=O)NC(=O)C(CO)NC(=O)C(N)Cc1c[nH]c2ccccc12)C(=O)O. The van der Waals surface area contributed by atoms with Gasteiger partial charge in [0.05, 0.1) is 19.1 Å². The van der Waals surface area contributed by atoms with Gasteiger partial charge in [-0.05, 0) is 24.5 Å². The number of fused-ring (bicyclic) bond motifs is 1. The fraction of sp³-hybridized carbons (Fsp3) is 0.391. The van der Waals surface area contributed by atoms with E-state index in [1.165, 1.54) is 0 Å². The van der Waals surface area contributed by atoms with Gasteiger partial charge in [0.15, 0.2) is 0 Å². The Kier molecular flexibility index (Phi) is 10.7. The van der Waals surface area contributed by atoms with Gasteiger partial charge in [0.25, 0.3) is 0 Å². The molecule has 0 aliphatic carbocycles. The van der Waals surface area contributed by atoms with Crippen LogP contribution in [-0.4, -0.2) is 81.5 Å². The van der Waals surface area contributed by atoms with Crippen LogP contribution in [0.1, 0.15) is 24.8 Å². The van der Waals surface area contributed by atoms with Crippen LogP contribution >= 0.6 is 0 Å². The zero-order valence-electron chi connectivity index (χ0n) is 20.3. The number of aliphatic carboxylic acids is 1. The van der Waals surface area contributed by atoms with Crippen molar-refractivity contribution in [2.75, 3.05) is 6.61 Å². The summed E-state index contributed by atoms with van der Waals surface area (Å²) in [5.41, 5.74) is 17.8. The van der Waals surface area contributed by atoms with Crippen LogP contribution in [0.15, 0.2) is 30.5 Å². The summed E-state index contributed by atoms with van der Waals surface area (Å²) in [4.78, 5) is 74.8. The number of aromatic amines is 1. The molecule has 0 aliphatic heterocycles. The van der Waals surface area contributed by atoms with Crippen LogP contribution in [0.4, 0.5) is 0 Å². The number of H-pyrrole nitrogens is 1. The van der Waals surface area contributed by atoms with E-state index >= 15 is 0 Å². The van der Waals surface area contributed by atoms with Crippen LogP contribution in [0.2, 0.25) is 0 Å². The third kappa shape index (κ3) is 8.56. The number of carboxylic acids is 1. The van der Waals surface area contributed by atoms with Crippen LogP contribution in [0.3, 0.4) is 0 Å². The first-order valence-electron chi connectivity index (χ1n) is 11.5. The van der Waals surface area contributed by atoms with Crippen LogP contribution in [0, 0.1) is 0 Å². The molecule has 0 aliphatic rings. The number of para-hydroxylation sites is 1. The lowest BCUT2D eigenvalue weighted by Crippen LogP contribution is -2.58. The average molecular weight is 534 g/mol. The maximum Gasteiger partial charge on any atom is 0.326 e. The molecule has 12 N–H and O–H groups in total. The van der Waals surface area contributed by atoms with Gasteiger partial charge in [0.1, 0.15) is 18.1 Å². The van der Waals surface area contributed by atoms with Crippen LogP contribution < -0.4 is 33.2 Å². The number of hydrogen-bond donors (Lipinski definition) is 9. The number of aromatic nitrogens is 1. The summed E-state index contributed by atoms with van der Waals surface area (Å²) in [5.74, 6) is -6.18. The number of primary amides is 2. The number of carbonyl (C=O) groups excluding carboxylic acids is 5. The monoisotopic (exact) mass is 533 g/mol. The Morgan fingerprint density at radius 2 is 1.47 bits per heavy atom. The number of amides is 5. The van der Waals surface area contributed by atoms with E-state index in [0.29, 0.717) is 0 Å². The number of aliphatic hydroxyl groups is 1. The summed E-state index contributed by atoms with van der Waals surface area (Å²) in [6, 6.07) is 1.54. The van der Waals surface area contributed by atoms with E-state index in [9.17, 15) is 39.0 Å². The highest BCUT2D eigenvalue weighted by atomic mass is 16.4. The topological polar surface area (TPSA) is 273 Å². The highest BCUT2D eigenvalue weighted by molar-refractivity contribution is 5.96. The molecule has 1 aromatic carbocycles. The first-order chi connectivity index (χ1) is 17.9. The Labute approximate surface area is 216 Å². The van der Waals surface area contributed by atoms with Gasteiger partial charge in [0.2, 0.25) is 29.5 Å². The quantitative estimate of drug-likeness (QED) is 0.111. The minimum atomic E-state index is -1.64. The minimum Gasteiger partial charge on any atom is -0.480 e. The summed E-state index contributed by atoms with van der Waals surface area (Å²) < 4.78 is 0. The third-order valence-electron chi connectivity index (χ3n) is 5.60. The summed E-state index contributed by atoms with van der Waals surface area (Å²) in [6.45, 7) is -0.876. The number of benzene rings is 1. The Morgan fingerprint density at radius 1 is 0.868 bits per heavy atom. The number of rotatable bonds is 15. The van der Waals surface area contributed by atoms with E-state index in [0.717, 1.165) is 16.5 Å². The van der Waals surface area contributed by atoms with Gasteiger partial charge in [-0.25, -0.2) is 4.79 Å². The zero-order valence-corrected chi connectivity index (χ0v) is 20.3. The molecule has 5 amide bonds. The van der Waals surface area contributed by atoms with Crippen LogP contribution in [0.5, 0.6) is 0 Å². The molecule has 2 rings (SSSR count). The van der Waals surface area contributed by atoms with Gasteiger partial charge in [-0.15, -0.1) is 0 Å². The lowest BCUT2D eigenvalue weighted by Gasteiger charge is -2.23. The summed E-state index contributed by atoms with van der Waals surface area (Å²) in [7, 11) is 0. The van der Waals surface area contributed by atoms with Crippen LogP contribution in [0.25, 0.3) is 10.9 Å². The van der Waals surface area contributed by atoms with Gasteiger partial charge in [-0.3, -0.25) is 24.0 Å². The van der Waals surface area contributed by atoms with Crippen molar-refractivity contribution in [3.05, 3.63) is 36.0 Å². The van der Waals surface area contributed by atoms with Crippen molar-refractivity contribution in [2.45, 2.75) is 49.9 Å². The van der Waals surface area contributed by atoms with Crippen molar-refractivity contribution in [3.63, 3.8) is 0 Å². The number of aliphatic hydroxyl groups excluding tert-OH is 1. The second kappa shape index (κ2) is 13.7. The number of carbonyl (C=O) groups is 6. The fourth-order valence-electron chi connectivity index (χ4n) is 3.60. The Hall–Kier alpha value is -4.50. The van der Waals surface area contributed by atoms with Gasteiger partial charge in [0, 0.05) is 23.5 Å². The Morgan fingerprint density at radius 3 is 2.08 bits per heavy atom. The van der Waals surface area contributed by atoms with Gasteiger partial charge in [-0.2, -0.15) is 0 Å². The lowest BCUT2D eigenvalue weighted by atomic mass is 10.0. The molecule has 0 saturated heterocycles. The maximum atomic E-state index is 12.7. The molecule has 1 aromatic heterocycles. The smallest absolute Gasteiger partial charge is 0.326 e. The fourth-order valence-corrected chi connectivity index (χ4v) is 3.60. The molecule has 2 aromatic rings. The van der Waals surface area contributed by atoms with E-state index in [1.807, 2.05) is 24.3 Å². The highest BCUT2D eigenvalue weighted by Crippen LogP contribution is 2.18. The number of nitrogens with one attached hydrogen (secondary N) is 4. The molecule has 0 radical (unpaired) electrons. The Balaban J connectivity index is 2.04. The molecule has 206 valence electrons. The molecular weight excluding hydrogens is 502 g/mol. The van der Waals surface area contributed by atoms with Crippen molar-refractivity contribution in [1.29, 1.82) is 0 Å². The van der Waals surface area contributed by atoms with E-state index in [2.05, 4.69) is 20.9 Å². The van der Waals surface area contributed by atoms with Crippen molar-refractivity contribution in [3.8, 4) is 0 Å². The zero-order chi connectivity index (χ0) is 28.4. The minimum absolute atomic E-state index is 0.115. The van der Waals surface area contributed by atoms with Crippen molar-refractivity contribution in [1.82, 2.24) is 20.9 Å². The molecule has 0 fully saturated rings. The predicted molar refractivity (Wildman–Crippen MR) is 133 cm³/mol. The van der Waals surface area contributed by atoms with Crippen molar-refractivity contribution < 1.29 is 39.0 Å². The third-order valence-corrected chi connectivity index (χ3v) is 5.60. The molecule has 0 spiro atoms. The largest absolute Gasteiger partial charge is 0.480 e. The number of hydrogen-bond acceptors (Lipinski definition) is 8. The van der Waals surface area contributed by atoms with Gasteiger partial charge >= 0.3 is 5.97 Å². The molecule has 15 nitrogen and oxygen atoms in total. The molecule has 15 heteroatoms. The van der Waals surface area contributed by atoms with Crippen LogP contribution in [-0.2, 0) is 35.2 Å². The Bertz CT molecular complexity index is 1200. The van der Waals surface area contributed by atoms with E-state index < -0.39 is 72.7 Å². The summed E-state index contributed by atoms with van der Waals surface area (Å²) in [6.07, 6.45) is 0.420. The molecule has 0 bridgehead atoms. The standard InChI is InChI=1S/C23H31N7O8/c24-13(7-11-9-27-14-4-2-1-3-12(11)14)20(34)30-17(10-31)22(36)29-16(8-19(26)33)21(35)28-15(23(37)38)5-6-18(25)32/h1-4,9,13,15-17,27,31H,5-8,10,24H2,(H2,25,32)(H2,26,33)(H,28,35)(H,29,36)(H,30,34)(H,37,38). The van der Waals surface area contributed by atoms with Gasteiger partial charge < -0.3 is 48.3 Å². The molecule has 1 heterocycles. The predicted octanol–water partition coefficient (Wildman–Crippen LogP) is -3.29. The summed E-state index contributed by atoms with van der Waals surface area (Å²) in [5, 5.41) is 26.3. The van der Waals surface area contributed by atoms with E-state index in [4.69, 9.17) is 17.2 Å². The summed E-state index contributed by atoms with van der Waals surface area (Å²) >= 11 is 0. The maximum absolute atomic E-state index is 12.7. The van der Waals surface area contributed by atoms with Crippen molar-refractivity contribution >= 4 is 46.4 Å². The molecule has 0 saturated carbocycles. The number of nitrogens with two attached hydrogens (primary N) is 3. The lowest BCUT2D eigenvalue weighted by molar-refractivity contribution is -0.142. The van der Waals surface area contributed by atoms with Crippen molar-refractivity contribution in [2.24, 2.45) is 17.2 Å².